The van der Waals surface area contributed by atoms with Gasteiger partial charge in [-0.15, -0.1) is 9.24 Å². The molecule has 0 amide bonds. The Kier molecular flexibility index (Phi) is 2.78. The predicted molar refractivity (Wildman–Crippen MR) is 59.3 cm³/mol. The fourth-order valence-corrected chi connectivity index (χ4v) is 2.87. The maximum Gasteiger partial charge on any atom is 0.101 e. The molecule has 3 heteroatoms. The summed E-state index contributed by atoms with van der Waals surface area (Å²) in [4.78, 5) is 2.48. The zero-order chi connectivity index (χ0) is 9.26. The van der Waals surface area contributed by atoms with Crippen LogP contribution in [-0.4, -0.2) is 23.8 Å². The van der Waals surface area contributed by atoms with E-state index in [-0.39, 0.29) is 0 Å². The highest BCUT2D eigenvalue weighted by Gasteiger charge is 2.30. The fourth-order valence-electron chi connectivity index (χ4n) is 2.38. The Labute approximate surface area is 83.0 Å². The third-order valence-corrected chi connectivity index (χ3v) is 3.69. The topological polar surface area (TPSA) is 15.3 Å². The molecule has 1 saturated heterocycles. The van der Waals surface area contributed by atoms with Gasteiger partial charge >= 0.3 is 0 Å². The molecule has 0 aliphatic carbocycles. The van der Waals surface area contributed by atoms with E-state index in [2.05, 4.69) is 32.6 Å². The predicted octanol–water partition coefficient (Wildman–Crippen LogP) is 1.75. The van der Waals surface area contributed by atoms with E-state index >= 15 is 0 Å². The molecule has 1 fully saturated rings. The molecule has 2 rings (SSSR count). The van der Waals surface area contributed by atoms with E-state index in [9.17, 15) is 0 Å². The molecule has 74 valence electrons. The third kappa shape index (κ3) is 1.83. The minimum Gasteiger partial charge on any atom is -0.367 e. The normalized spacial score (nSPS) is 33.4. The number of rotatable bonds is 1. The lowest BCUT2D eigenvalue weighted by Gasteiger charge is -2.29. The van der Waals surface area contributed by atoms with Crippen molar-refractivity contribution in [2.24, 2.45) is 5.92 Å². The summed E-state index contributed by atoms with van der Waals surface area (Å²) in [6.45, 7) is 3.39. The highest BCUT2D eigenvalue weighted by Crippen LogP contribution is 2.27. The number of nitrogens with zero attached hydrogens (tertiary/aromatic N) is 1. The van der Waals surface area contributed by atoms with Crippen LogP contribution in [0.25, 0.3) is 0 Å². The second-order valence-corrected chi connectivity index (χ2v) is 4.60. The van der Waals surface area contributed by atoms with Gasteiger partial charge in [-0.05, 0) is 25.9 Å². The van der Waals surface area contributed by atoms with Crippen LogP contribution < -0.4 is 5.32 Å². The van der Waals surface area contributed by atoms with E-state index in [0.29, 0.717) is 6.17 Å². The minimum absolute atomic E-state index is 0.583. The van der Waals surface area contributed by atoms with Gasteiger partial charge in [0.25, 0.3) is 0 Å². The molecule has 2 heterocycles. The lowest BCUT2D eigenvalue weighted by molar-refractivity contribution is 0.229. The fraction of sp³-hybridized carbons (Fsp3) is 0.800. The van der Waals surface area contributed by atoms with Crippen molar-refractivity contribution < 1.29 is 0 Å². The van der Waals surface area contributed by atoms with Crippen LogP contribution >= 0.6 is 9.24 Å². The molecular weight excluding hydrogens is 179 g/mol. The quantitative estimate of drug-likeness (QED) is 0.646. The molecule has 3 unspecified atom stereocenters. The maximum atomic E-state index is 3.57. The van der Waals surface area contributed by atoms with Gasteiger partial charge in [0.15, 0.2) is 0 Å². The van der Waals surface area contributed by atoms with Crippen LogP contribution in [-0.2, 0) is 0 Å². The van der Waals surface area contributed by atoms with Crippen molar-refractivity contribution in [2.45, 2.75) is 32.4 Å². The SMILES string of the molecule is CC1=CN2CCCCC(CP)C2N1. The summed E-state index contributed by atoms with van der Waals surface area (Å²) < 4.78 is 0. The molecule has 0 aromatic heterocycles. The van der Waals surface area contributed by atoms with Gasteiger partial charge < -0.3 is 10.2 Å². The molecule has 2 aliphatic heterocycles. The average molecular weight is 198 g/mol. The number of allylic oxidation sites excluding steroid dienone is 1. The van der Waals surface area contributed by atoms with Gasteiger partial charge in [0, 0.05) is 24.4 Å². The van der Waals surface area contributed by atoms with Gasteiger partial charge in [-0.2, -0.15) is 0 Å². The molecule has 0 bridgehead atoms. The molecule has 0 spiro atoms. The van der Waals surface area contributed by atoms with Crippen molar-refractivity contribution in [2.75, 3.05) is 12.7 Å². The molecule has 0 aromatic rings. The van der Waals surface area contributed by atoms with Crippen LogP contribution in [0.5, 0.6) is 0 Å². The number of fused-ring (bicyclic) bond motifs is 1. The molecule has 1 N–H and O–H groups in total. The molecule has 3 atom stereocenters. The van der Waals surface area contributed by atoms with Gasteiger partial charge in [0.2, 0.25) is 0 Å². The van der Waals surface area contributed by atoms with Crippen molar-refractivity contribution in [3.05, 3.63) is 11.9 Å². The Hall–Kier alpha value is -0.230. The first-order valence-electron chi connectivity index (χ1n) is 5.22. The van der Waals surface area contributed by atoms with Crippen molar-refractivity contribution in [3.63, 3.8) is 0 Å². The summed E-state index contributed by atoms with van der Waals surface area (Å²) in [6.07, 6.45) is 8.20. The molecular formula is C10H19N2P. The summed E-state index contributed by atoms with van der Waals surface area (Å²) in [5.41, 5.74) is 1.33. The van der Waals surface area contributed by atoms with Gasteiger partial charge in [-0.25, -0.2) is 0 Å². The zero-order valence-corrected chi connectivity index (χ0v) is 9.45. The van der Waals surface area contributed by atoms with Crippen LogP contribution in [0.1, 0.15) is 26.2 Å². The van der Waals surface area contributed by atoms with Gasteiger partial charge in [-0.3, -0.25) is 0 Å². The van der Waals surface area contributed by atoms with Crippen LogP contribution in [0.3, 0.4) is 0 Å². The molecule has 0 saturated carbocycles. The second-order valence-electron chi connectivity index (χ2n) is 4.13. The summed E-state index contributed by atoms with van der Waals surface area (Å²) in [5.74, 6) is 0.807. The molecule has 0 radical (unpaired) electrons. The number of nitrogens with one attached hydrogen (secondary N) is 1. The molecule has 2 nitrogen and oxygen atoms in total. The third-order valence-electron chi connectivity index (χ3n) is 3.08. The van der Waals surface area contributed by atoms with E-state index in [1.54, 1.807) is 0 Å². The Morgan fingerprint density at radius 1 is 1.62 bits per heavy atom. The Morgan fingerprint density at radius 3 is 3.23 bits per heavy atom. The second kappa shape index (κ2) is 3.88. The summed E-state index contributed by atoms with van der Waals surface area (Å²) in [6, 6.07) is 0. The van der Waals surface area contributed by atoms with Crippen molar-refractivity contribution >= 4 is 9.24 Å². The molecule has 13 heavy (non-hydrogen) atoms. The summed E-state index contributed by atoms with van der Waals surface area (Å²) >= 11 is 0. The van der Waals surface area contributed by atoms with E-state index < -0.39 is 0 Å². The Morgan fingerprint density at radius 2 is 2.46 bits per heavy atom. The smallest absolute Gasteiger partial charge is 0.101 e. The van der Waals surface area contributed by atoms with E-state index in [1.807, 2.05) is 0 Å². The minimum atomic E-state index is 0.583. The highest BCUT2D eigenvalue weighted by atomic mass is 31.0. The van der Waals surface area contributed by atoms with Crippen molar-refractivity contribution in [3.8, 4) is 0 Å². The summed E-state index contributed by atoms with van der Waals surface area (Å²) in [5, 5.41) is 3.57. The van der Waals surface area contributed by atoms with E-state index in [4.69, 9.17) is 0 Å². The average Bonchev–Trinajstić information content (AvgIpc) is 2.37. The first kappa shape index (κ1) is 9.33. The lowest BCUT2D eigenvalue weighted by atomic mass is 10.0. The van der Waals surface area contributed by atoms with E-state index in [1.165, 1.54) is 37.7 Å². The largest absolute Gasteiger partial charge is 0.367 e. The molecule has 0 aromatic carbocycles. The maximum absolute atomic E-state index is 3.57. The van der Waals surface area contributed by atoms with Crippen LogP contribution in [0.15, 0.2) is 11.9 Å². The highest BCUT2D eigenvalue weighted by molar-refractivity contribution is 7.16. The van der Waals surface area contributed by atoms with Gasteiger partial charge in [0.05, 0.1) is 0 Å². The Bertz CT molecular complexity index is 215. The number of hydrogen-bond acceptors (Lipinski definition) is 2. The summed E-state index contributed by atoms with van der Waals surface area (Å²) in [7, 11) is 2.89. The first-order chi connectivity index (χ1) is 6.31. The van der Waals surface area contributed by atoms with E-state index in [0.717, 1.165) is 5.92 Å². The Balaban J connectivity index is 2.09. The van der Waals surface area contributed by atoms with Gasteiger partial charge in [0.1, 0.15) is 6.17 Å². The van der Waals surface area contributed by atoms with Crippen molar-refractivity contribution in [1.82, 2.24) is 10.2 Å². The van der Waals surface area contributed by atoms with Crippen molar-refractivity contribution in [1.29, 1.82) is 0 Å². The standard InChI is InChI=1S/C10H19N2P/c1-8-6-12-5-3-2-4-9(7-13)10(12)11-8/h6,9-11H,2-5,7,13H2,1H3. The van der Waals surface area contributed by atoms with Crippen LogP contribution in [0.4, 0.5) is 0 Å². The number of hydrogen-bond donors (Lipinski definition) is 1. The zero-order valence-electron chi connectivity index (χ0n) is 8.29. The first-order valence-corrected chi connectivity index (χ1v) is 6.03. The lowest BCUT2D eigenvalue weighted by Crippen LogP contribution is -2.41. The van der Waals surface area contributed by atoms with Gasteiger partial charge in [-0.1, -0.05) is 6.42 Å². The monoisotopic (exact) mass is 198 g/mol. The van der Waals surface area contributed by atoms with Crippen LogP contribution in [0.2, 0.25) is 0 Å². The van der Waals surface area contributed by atoms with Crippen LogP contribution in [0, 0.1) is 5.92 Å². The molecule has 2 aliphatic rings.